The number of nitrogens with one attached hydrogen (secondary N) is 1. The Morgan fingerprint density at radius 3 is 2.73 bits per heavy atom. The molecular weight excluding hydrogens is 444 g/mol. The molecule has 2 heterocycles. The summed E-state index contributed by atoms with van der Waals surface area (Å²) >= 11 is 3.69. The molecule has 30 heavy (non-hydrogen) atoms. The molecule has 0 bridgehead atoms. The van der Waals surface area contributed by atoms with Crippen LogP contribution in [0.3, 0.4) is 0 Å². The predicted molar refractivity (Wildman–Crippen MR) is 123 cm³/mol. The molecule has 6 nitrogen and oxygen atoms in total. The standard InChI is InChI=1S/C23H23BrN4O2/c1-4-19-27-13(2)21(23(29)26-3)28(19)12-14-9-10-18-16(11-14)20(24)22(30-18)15-7-5-6-8-17(15)25/h5-11H,4,12,25H2,1-3H3,(H,26,29). The summed E-state index contributed by atoms with van der Waals surface area (Å²) in [7, 11) is 1.64. The number of hydrogen-bond donors (Lipinski definition) is 2. The Balaban J connectivity index is 1.78. The average Bonchev–Trinajstić information content (AvgIpc) is 3.24. The molecular formula is C23H23BrN4O2. The third kappa shape index (κ3) is 3.39. The first-order chi connectivity index (χ1) is 14.4. The van der Waals surface area contributed by atoms with Crippen LogP contribution in [-0.4, -0.2) is 22.5 Å². The lowest BCUT2D eigenvalue weighted by Crippen LogP contribution is -2.23. The van der Waals surface area contributed by atoms with E-state index in [1.54, 1.807) is 7.05 Å². The lowest BCUT2D eigenvalue weighted by molar-refractivity contribution is 0.0953. The van der Waals surface area contributed by atoms with E-state index in [2.05, 4.69) is 32.3 Å². The Bertz CT molecular complexity index is 1260. The van der Waals surface area contributed by atoms with Crippen molar-refractivity contribution in [2.75, 3.05) is 12.8 Å². The van der Waals surface area contributed by atoms with Crippen LogP contribution in [0.4, 0.5) is 5.69 Å². The van der Waals surface area contributed by atoms with E-state index < -0.39 is 0 Å². The maximum Gasteiger partial charge on any atom is 0.269 e. The van der Waals surface area contributed by atoms with E-state index in [1.807, 2.05) is 54.8 Å². The molecule has 154 valence electrons. The molecule has 1 amide bonds. The first kappa shape index (κ1) is 20.2. The Morgan fingerprint density at radius 1 is 1.27 bits per heavy atom. The number of aromatic nitrogens is 2. The molecule has 0 aliphatic rings. The molecule has 0 saturated carbocycles. The third-order valence-electron chi connectivity index (χ3n) is 5.22. The monoisotopic (exact) mass is 466 g/mol. The van der Waals surface area contributed by atoms with E-state index in [4.69, 9.17) is 10.2 Å². The fraction of sp³-hybridized carbons (Fsp3) is 0.217. The molecule has 7 heteroatoms. The SMILES string of the molecule is CCc1nc(C)c(C(=O)NC)n1Cc1ccc2oc(-c3ccccc3N)c(Br)c2c1. The summed E-state index contributed by atoms with van der Waals surface area (Å²) in [6, 6.07) is 13.7. The van der Waals surface area contributed by atoms with Gasteiger partial charge >= 0.3 is 0 Å². The number of hydrogen-bond acceptors (Lipinski definition) is 4. The highest BCUT2D eigenvalue weighted by Crippen LogP contribution is 2.40. The maximum absolute atomic E-state index is 12.4. The van der Waals surface area contributed by atoms with Gasteiger partial charge < -0.3 is 20.0 Å². The van der Waals surface area contributed by atoms with Crippen LogP contribution in [0.5, 0.6) is 0 Å². The molecule has 3 N–H and O–H groups in total. The van der Waals surface area contributed by atoms with Crippen molar-refractivity contribution in [3.05, 3.63) is 69.7 Å². The summed E-state index contributed by atoms with van der Waals surface area (Å²) in [5, 5.41) is 3.68. The Kier molecular flexibility index (Phi) is 5.39. The topological polar surface area (TPSA) is 86.1 Å². The number of aryl methyl sites for hydroxylation is 2. The minimum absolute atomic E-state index is 0.132. The van der Waals surface area contributed by atoms with Crippen molar-refractivity contribution in [1.29, 1.82) is 0 Å². The van der Waals surface area contributed by atoms with Crippen molar-refractivity contribution in [2.45, 2.75) is 26.8 Å². The molecule has 4 aromatic rings. The number of carbonyl (C=O) groups excluding carboxylic acids is 1. The Labute approximate surface area is 183 Å². The van der Waals surface area contributed by atoms with Gasteiger partial charge in [-0.1, -0.05) is 25.1 Å². The fourth-order valence-electron chi connectivity index (χ4n) is 3.75. The lowest BCUT2D eigenvalue weighted by atomic mass is 10.1. The second kappa shape index (κ2) is 7.99. The molecule has 2 aromatic carbocycles. The van der Waals surface area contributed by atoms with Crippen molar-refractivity contribution >= 4 is 38.5 Å². The van der Waals surface area contributed by atoms with E-state index in [-0.39, 0.29) is 5.91 Å². The van der Waals surface area contributed by atoms with Gasteiger partial charge in [0.15, 0.2) is 5.76 Å². The highest BCUT2D eigenvalue weighted by atomic mass is 79.9. The second-order valence-corrected chi connectivity index (χ2v) is 7.94. The highest BCUT2D eigenvalue weighted by molar-refractivity contribution is 9.10. The number of nitrogens with two attached hydrogens (primary N) is 1. The van der Waals surface area contributed by atoms with E-state index in [0.29, 0.717) is 23.7 Å². The van der Waals surface area contributed by atoms with Gasteiger partial charge in [-0.3, -0.25) is 4.79 Å². The van der Waals surface area contributed by atoms with Crippen molar-refractivity contribution in [1.82, 2.24) is 14.9 Å². The molecule has 0 unspecified atom stereocenters. The lowest BCUT2D eigenvalue weighted by Gasteiger charge is -2.11. The van der Waals surface area contributed by atoms with Crippen LogP contribution in [0.1, 0.15) is 34.5 Å². The maximum atomic E-state index is 12.4. The zero-order valence-electron chi connectivity index (χ0n) is 17.1. The Hall–Kier alpha value is -3.06. The highest BCUT2D eigenvalue weighted by Gasteiger charge is 2.20. The van der Waals surface area contributed by atoms with Crippen molar-refractivity contribution in [3.63, 3.8) is 0 Å². The number of nitrogens with zero attached hydrogens (tertiary/aromatic N) is 2. The average molecular weight is 467 g/mol. The summed E-state index contributed by atoms with van der Waals surface area (Å²) in [5.41, 5.74) is 10.8. The van der Waals surface area contributed by atoms with Gasteiger partial charge in [0.05, 0.1) is 10.2 Å². The molecule has 4 rings (SSSR count). The fourth-order valence-corrected chi connectivity index (χ4v) is 4.35. The van der Waals surface area contributed by atoms with Crippen LogP contribution in [0.25, 0.3) is 22.3 Å². The largest absolute Gasteiger partial charge is 0.455 e. The number of carbonyl (C=O) groups is 1. The first-order valence-corrected chi connectivity index (χ1v) is 10.6. The molecule has 0 radical (unpaired) electrons. The molecule has 0 atom stereocenters. The van der Waals surface area contributed by atoms with E-state index >= 15 is 0 Å². The number of anilines is 1. The second-order valence-electron chi connectivity index (χ2n) is 7.14. The third-order valence-corrected chi connectivity index (χ3v) is 6.00. The van der Waals surface area contributed by atoms with E-state index in [9.17, 15) is 4.79 Å². The van der Waals surface area contributed by atoms with Crippen LogP contribution < -0.4 is 11.1 Å². The zero-order chi connectivity index (χ0) is 21.4. The minimum Gasteiger partial charge on any atom is -0.455 e. The smallest absolute Gasteiger partial charge is 0.269 e. The quantitative estimate of drug-likeness (QED) is 0.408. The van der Waals surface area contributed by atoms with Gasteiger partial charge in [-0.05, 0) is 52.7 Å². The minimum atomic E-state index is -0.132. The van der Waals surface area contributed by atoms with Gasteiger partial charge in [-0.25, -0.2) is 4.98 Å². The number of furan rings is 1. The van der Waals surface area contributed by atoms with Crippen LogP contribution in [0, 0.1) is 6.92 Å². The number of halogens is 1. The molecule has 2 aromatic heterocycles. The van der Waals surface area contributed by atoms with Crippen LogP contribution >= 0.6 is 15.9 Å². The van der Waals surface area contributed by atoms with Crippen LogP contribution in [0.15, 0.2) is 51.4 Å². The summed E-state index contributed by atoms with van der Waals surface area (Å²) in [6.07, 6.45) is 0.743. The van der Waals surface area contributed by atoms with Gasteiger partial charge in [0, 0.05) is 36.7 Å². The number of rotatable bonds is 5. The number of imidazole rings is 1. The van der Waals surface area contributed by atoms with Crippen molar-refractivity contribution in [3.8, 4) is 11.3 Å². The molecule has 0 aliphatic heterocycles. The van der Waals surface area contributed by atoms with Gasteiger partial charge in [0.2, 0.25) is 0 Å². The number of para-hydroxylation sites is 1. The van der Waals surface area contributed by atoms with E-state index in [0.717, 1.165) is 44.5 Å². The van der Waals surface area contributed by atoms with Gasteiger partial charge in [-0.2, -0.15) is 0 Å². The van der Waals surface area contributed by atoms with Gasteiger partial charge in [0.25, 0.3) is 5.91 Å². The van der Waals surface area contributed by atoms with Gasteiger partial charge in [-0.15, -0.1) is 0 Å². The number of benzene rings is 2. The Morgan fingerprint density at radius 2 is 2.03 bits per heavy atom. The van der Waals surface area contributed by atoms with Crippen LogP contribution in [-0.2, 0) is 13.0 Å². The molecule has 0 spiro atoms. The van der Waals surface area contributed by atoms with Gasteiger partial charge in [0.1, 0.15) is 17.1 Å². The summed E-state index contributed by atoms with van der Waals surface area (Å²) < 4.78 is 8.94. The predicted octanol–water partition coefficient (Wildman–Crippen LogP) is 4.92. The molecule has 0 saturated heterocycles. The number of fused-ring (bicyclic) bond motifs is 1. The number of nitrogen functional groups attached to an aromatic ring is 1. The zero-order valence-corrected chi connectivity index (χ0v) is 18.7. The van der Waals surface area contributed by atoms with Crippen LogP contribution in [0.2, 0.25) is 0 Å². The summed E-state index contributed by atoms with van der Waals surface area (Å²) in [4.78, 5) is 17.0. The first-order valence-electron chi connectivity index (χ1n) is 9.78. The molecule has 0 aliphatic carbocycles. The normalized spacial score (nSPS) is 11.2. The van der Waals surface area contributed by atoms with Crippen molar-refractivity contribution in [2.24, 2.45) is 0 Å². The summed E-state index contributed by atoms with van der Waals surface area (Å²) in [5.74, 6) is 1.46. The van der Waals surface area contributed by atoms with E-state index in [1.165, 1.54) is 0 Å². The number of amides is 1. The molecule has 0 fully saturated rings. The summed E-state index contributed by atoms with van der Waals surface area (Å²) in [6.45, 7) is 4.45. The van der Waals surface area contributed by atoms with Crippen molar-refractivity contribution < 1.29 is 9.21 Å².